The standard InChI is InChI=1S/C16H13ClO3/c1-2-20-14-9-5-12(6-10-14)16(19)15(18)11-3-7-13(17)8-4-11/h3-10H,2H2,1H3. The summed E-state index contributed by atoms with van der Waals surface area (Å²) in [5.41, 5.74) is 0.668. The van der Waals surface area contributed by atoms with Gasteiger partial charge in [-0.15, -0.1) is 0 Å². The van der Waals surface area contributed by atoms with Crippen LogP contribution in [0.2, 0.25) is 5.02 Å². The molecule has 102 valence electrons. The predicted molar refractivity (Wildman–Crippen MR) is 77.7 cm³/mol. The van der Waals surface area contributed by atoms with Crippen molar-refractivity contribution in [3.63, 3.8) is 0 Å². The lowest BCUT2D eigenvalue weighted by Gasteiger charge is -2.04. The quantitative estimate of drug-likeness (QED) is 0.621. The third-order valence-electron chi connectivity index (χ3n) is 2.74. The molecule has 2 aromatic rings. The van der Waals surface area contributed by atoms with Crippen LogP contribution < -0.4 is 4.74 Å². The van der Waals surface area contributed by atoms with Crippen LogP contribution in [0, 0.1) is 0 Å². The van der Waals surface area contributed by atoms with Gasteiger partial charge >= 0.3 is 0 Å². The van der Waals surface area contributed by atoms with Crippen molar-refractivity contribution in [1.82, 2.24) is 0 Å². The molecule has 0 fully saturated rings. The van der Waals surface area contributed by atoms with Crippen molar-refractivity contribution in [2.75, 3.05) is 6.61 Å². The van der Waals surface area contributed by atoms with Crippen LogP contribution in [-0.2, 0) is 0 Å². The van der Waals surface area contributed by atoms with Crippen molar-refractivity contribution < 1.29 is 14.3 Å². The van der Waals surface area contributed by atoms with Gasteiger partial charge in [-0.3, -0.25) is 9.59 Å². The maximum absolute atomic E-state index is 12.1. The van der Waals surface area contributed by atoms with Crippen molar-refractivity contribution in [3.05, 3.63) is 64.7 Å². The van der Waals surface area contributed by atoms with Crippen LogP contribution in [0.4, 0.5) is 0 Å². The summed E-state index contributed by atoms with van der Waals surface area (Å²) in [4.78, 5) is 24.1. The summed E-state index contributed by atoms with van der Waals surface area (Å²) in [5.74, 6) is -0.427. The van der Waals surface area contributed by atoms with Crippen LogP contribution in [0.5, 0.6) is 5.75 Å². The van der Waals surface area contributed by atoms with Gasteiger partial charge in [0.1, 0.15) is 5.75 Å². The Morgan fingerprint density at radius 3 is 1.80 bits per heavy atom. The van der Waals surface area contributed by atoms with Crippen molar-refractivity contribution in [2.24, 2.45) is 0 Å². The Balaban J connectivity index is 2.18. The highest BCUT2D eigenvalue weighted by Gasteiger charge is 2.18. The number of ketones is 2. The zero-order valence-electron chi connectivity index (χ0n) is 10.9. The van der Waals surface area contributed by atoms with Gasteiger partial charge in [-0.25, -0.2) is 0 Å². The van der Waals surface area contributed by atoms with E-state index in [4.69, 9.17) is 16.3 Å². The first-order valence-corrected chi connectivity index (χ1v) is 6.57. The minimum atomic E-state index is -0.550. The van der Waals surface area contributed by atoms with Gasteiger partial charge in [0, 0.05) is 16.1 Å². The Labute approximate surface area is 122 Å². The summed E-state index contributed by atoms with van der Waals surface area (Å²) >= 11 is 5.75. The number of halogens is 1. The highest BCUT2D eigenvalue weighted by molar-refractivity contribution is 6.49. The maximum Gasteiger partial charge on any atom is 0.233 e. The van der Waals surface area contributed by atoms with Crippen LogP contribution >= 0.6 is 11.6 Å². The second-order valence-corrected chi connectivity index (χ2v) is 4.56. The Hall–Kier alpha value is -2.13. The van der Waals surface area contributed by atoms with E-state index < -0.39 is 11.6 Å². The molecular formula is C16H13ClO3. The fraction of sp³-hybridized carbons (Fsp3) is 0.125. The lowest BCUT2D eigenvalue weighted by molar-refractivity contribution is 0.0817. The number of hydrogen-bond acceptors (Lipinski definition) is 3. The Morgan fingerprint density at radius 1 is 0.900 bits per heavy atom. The molecule has 0 unspecified atom stereocenters. The average Bonchev–Trinajstić information content (AvgIpc) is 2.48. The fourth-order valence-electron chi connectivity index (χ4n) is 1.73. The number of rotatable bonds is 5. The van der Waals surface area contributed by atoms with Crippen LogP contribution in [0.25, 0.3) is 0 Å². The van der Waals surface area contributed by atoms with E-state index in [1.807, 2.05) is 6.92 Å². The first kappa shape index (κ1) is 14.3. The lowest BCUT2D eigenvalue weighted by atomic mass is 10.0. The molecule has 4 heteroatoms. The minimum absolute atomic E-state index is 0.327. The topological polar surface area (TPSA) is 43.4 Å². The van der Waals surface area contributed by atoms with Crippen LogP contribution in [-0.4, -0.2) is 18.2 Å². The molecule has 3 nitrogen and oxygen atoms in total. The van der Waals surface area contributed by atoms with Crippen LogP contribution in [0.1, 0.15) is 27.6 Å². The molecule has 20 heavy (non-hydrogen) atoms. The van der Waals surface area contributed by atoms with E-state index in [1.54, 1.807) is 36.4 Å². The van der Waals surface area contributed by atoms with Gasteiger partial charge in [0.15, 0.2) is 0 Å². The Morgan fingerprint density at radius 2 is 1.35 bits per heavy atom. The summed E-state index contributed by atoms with van der Waals surface area (Å²) in [6, 6.07) is 12.8. The number of carbonyl (C=O) groups excluding carboxylic acids is 2. The van der Waals surface area contributed by atoms with Crippen molar-refractivity contribution in [3.8, 4) is 5.75 Å². The second kappa shape index (κ2) is 6.35. The molecule has 0 radical (unpaired) electrons. The molecule has 0 spiro atoms. The van der Waals surface area contributed by atoms with E-state index in [0.29, 0.717) is 28.5 Å². The third kappa shape index (κ3) is 3.25. The molecule has 0 atom stereocenters. The van der Waals surface area contributed by atoms with Gasteiger partial charge in [0.25, 0.3) is 0 Å². The van der Waals surface area contributed by atoms with Crippen LogP contribution in [0.15, 0.2) is 48.5 Å². The molecule has 2 aromatic carbocycles. The molecule has 0 amide bonds. The number of carbonyl (C=O) groups is 2. The van der Waals surface area contributed by atoms with Gasteiger partial charge in [-0.2, -0.15) is 0 Å². The highest BCUT2D eigenvalue weighted by Crippen LogP contribution is 2.15. The summed E-state index contributed by atoms with van der Waals surface area (Å²) in [6.45, 7) is 2.43. The number of benzene rings is 2. The molecule has 0 aliphatic heterocycles. The molecular weight excluding hydrogens is 276 g/mol. The number of ether oxygens (including phenoxy) is 1. The molecule has 0 bridgehead atoms. The fourth-order valence-corrected chi connectivity index (χ4v) is 1.86. The first-order chi connectivity index (χ1) is 9.61. The molecule has 0 aliphatic carbocycles. The van der Waals surface area contributed by atoms with Gasteiger partial charge in [-0.1, -0.05) is 11.6 Å². The first-order valence-electron chi connectivity index (χ1n) is 6.19. The summed E-state index contributed by atoms with van der Waals surface area (Å²) in [6.07, 6.45) is 0. The van der Waals surface area contributed by atoms with Gasteiger partial charge in [0.2, 0.25) is 11.6 Å². The summed E-state index contributed by atoms with van der Waals surface area (Å²) < 4.78 is 5.29. The lowest BCUT2D eigenvalue weighted by Crippen LogP contribution is -2.14. The largest absolute Gasteiger partial charge is 0.494 e. The van der Waals surface area contributed by atoms with E-state index in [0.717, 1.165) is 0 Å². The molecule has 0 saturated carbocycles. The van der Waals surface area contributed by atoms with Crippen molar-refractivity contribution in [2.45, 2.75) is 6.92 Å². The maximum atomic E-state index is 12.1. The van der Waals surface area contributed by atoms with Gasteiger partial charge in [0.05, 0.1) is 6.61 Å². The highest BCUT2D eigenvalue weighted by atomic mass is 35.5. The summed E-state index contributed by atoms with van der Waals surface area (Å²) in [7, 11) is 0. The Bertz CT molecular complexity index is 615. The molecule has 0 heterocycles. The SMILES string of the molecule is CCOc1ccc(C(=O)C(=O)c2ccc(Cl)cc2)cc1. The zero-order chi connectivity index (χ0) is 14.5. The second-order valence-electron chi connectivity index (χ2n) is 4.12. The van der Waals surface area contributed by atoms with E-state index in [1.165, 1.54) is 12.1 Å². The van der Waals surface area contributed by atoms with E-state index in [2.05, 4.69) is 0 Å². The molecule has 0 aliphatic rings. The minimum Gasteiger partial charge on any atom is -0.494 e. The van der Waals surface area contributed by atoms with Gasteiger partial charge in [-0.05, 0) is 55.5 Å². The number of hydrogen-bond donors (Lipinski definition) is 0. The Kier molecular flexibility index (Phi) is 4.53. The summed E-state index contributed by atoms with van der Waals surface area (Å²) in [5, 5.41) is 0.523. The number of Topliss-reactive ketones (excluding diaryl/α,β-unsaturated/α-hetero) is 2. The van der Waals surface area contributed by atoms with E-state index in [-0.39, 0.29) is 0 Å². The molecule has 0 aromatic heterocycles. The normalized spacial score (nSPS) is 10.1. The average molecular weight is 289 g/mol. The van der Waals surface area contributed by atoms with E-state index >= 15 is 0 Å². The van der Waals surface area contributed by atoms with Crippen LogP contribution in [0.3, 0.4) is 0 Å². The predicted octanol–water partition coefficient (Wildman–Crippen LogP) is 3.80. The van der Waals surface area contributed by atoms with E-state index in [9.17, 15) is 9.59 Å². The monoisotopic (exact) mass is 288 g/mol. The molecule has 0 saturated heterocycles. The van der Waals surface area contributed by atoms with Crippen molar-refractivity contribution in [1.29, 1.82) is 0 Å². The van der Waals surface area contributed by atoms with Gasteiger partial charge < -0.3 is 4.74 Å². The smallest absolute Gasteiger partial charge is 0.233 e. The zero-order valence-corrected chi connectivity index (χ0v) is 11.7. The molecule has 2 rings (SSSR count). The molecule has 0 N–H and O–H groups in total. The van der Waals surface area contributed by atoms with Crippen molar-refractivity contribution >= 4 is 23.2 Å². The third-order valence-corrected chi connectivity index (χ3v) is 2.99.